The van der Waals surface area contributed by atoms with Crippen LogP contribution in [0.1, 0.15) is 51.3 Å². The van der Waals surface area contributed by atoms with Crippen LogP contribution < -0.4 is 5.32 Å². The number of aromatic nitrogens is 2. The molecule has 1 N–H and O–H groups in total. The zero-order valence-corrected chi connectivity index (χ0v) is 11.9. The van der Waals surface area contributed by atoms with Gasteiger partial charge in [0.15, 0.2) is 0 Å². The van der Waals surface area contributed by atoms with Gasteiger partial charge < -0.3 is 9.88 Å². The van der Waals surface area contributed by atoms with Gasteiger partial charge in [0.2, 0.25) is 5.95 Å². The highest BCUT2D eigenvalue weighted by molar-refractivity contribution is 5.30. The molecule has 1 aromatic rings. The lowest BCUT2D eigenvalue weighted by Crippen LogP contribution is -2.24. The molecular weight excluding hydrogens is 222 g/mol. The van der Waals surface area contributed by atoms with E-state index in [-0.39, 0.29) is 0 Å². The first-order valence-corrected chi connectivity index (χ1v) is 6.92. The topological polar surface area (TPSA) is 29.9 Å². The van der Waals surface area contributed by atoms with Gasteiger partial charge in [0.25, 0.3) is 0 Å². The van der Waals surface area contributed by atoms with Crippen molar-refractivity contribution in [2.45, 2.75) is 52.5 Å². The van der Waals surface area contributed by atoms with E-state index in [2.05, 4.69) is 48.4 Å². The molecule has 1 aromatic heterocycles. The number of nitrogens with zero attached hydrogens (tertiary/aromatic N) is 2. The van der Waals surface area contributed by atoms with Crippen molar-refractivity contribution in [1.82, 2.24) is 9.55 Å². The van der Waals surface area contributed by atoms with Gasteiger partial charge >= 0.3 is 0 Å². The molecule has 0 atom stereocenters. The van der Waals surface area contributed by atoms with Gasteiger partial charge in [-0.25, -0.2) is 4.98 Å². The van der Waals surface area contributed by atoms with Gasteiger partial charge in [-0.3, -0.25) is 0 Å². The molecule has 0 bridgehead atoms. The highest BCUT2D eigenvalue weighted by Crippen LogP contribution is 2.41. The first-order valence-electron chi connectivity index (χ1n) is 6.92. The molecule has 0 radical (unpaired) electrons. The first-order chi connectivity index (χ1) is 8.52. The lowest BCUT2D eigenvalue weighted by atomic mass is 9.75. The Bertz CT molecular complexity index is 407. The third-order valence-corrected chi connectivity index (χ3v) is 3.96. The van der Waals surface area contributed by atoms with Crippen LogP contribution in [0, 0.1) is 12.3 Å². The molecule has 0 aromatic carbocycles. The van der Waals surface area contributed by atoms with Gasteiger partial charge in [-0.2, -0.15) is 0 Å². The number of nitrogens with one attached hydrogen (secondary N) is 1. The zero-order chi connectivity index (χ0) is 13.2. The van der Waals surface area contributed by atoms with Crippen LogP contribution >= 0.6 is 0 Å². The molecule has 100 valence electrons. The molecule has 2 rings (SSSR count). The summed E-state index contributed by atoms with van der Waals surface area (Å²) < 4.78 is 2.33. The average molecular weight is 247 g/mol. The number of anilines is 1. The van der Waals surface area contributed by atoms with Gasteiger partial charge in [0.05, 0.1) is 5.69 Å². The predicted octanol–water partition coefficient (Wildman–Crippen LogP) is 3.93. The molecule has 1 aliphatic carbocycles. The van der Waals surface area contributed by atoms with E-state index < -0.39 is 0 Å². The molecule has 0 unspecified atom stereocenters. The van der Waals surface area contributed by atoms with Crippen LogP contribution in [0.2, 0.25) is 0 Å². The van der Waals surface area contributed by atoms with Gasteiger partial charge in [0, 0.05) is 18.8 Å². The van der Waals surface area contributed by atoms with Gasteiger partial charge in [-0.15, -0.1) is 6.58 Å². The molecule has 0 amide bonds. The highest BCUT2D eigenvalue weighted by atomic mass is 15.2. The summed E-state index contributed by atoms with van der Waals surface area (Å²) >= 11 is 0. The van der Waals surface area contributed by atoms with E-state index in [1.54, 1.807) is 0 Å². The number of hydrogen-bond acceptors (Lipinski definition) is 2. The van der Waals surface area contributed by atoms with Crippen LogP contribution in [-0.2, 0) is 0 Å². The fraction of sp³-hybridized carbons (Fsp3) is 0.667. The maximum atomic E-state index is 4.56. The standard InChI is InChI=1S/C15H25N3/c1-5-10-16-14-17-12(2)11-18(14)13-6-8-15(3,4)9-7-13/h5,11,13H,1,6-10H2,2-4H3,(H,16,17). The van der Waals surface area contributed by atoms with Crippen LogP contribution in [0.5, 0.6) is 0 Å². The van der Waals surface area contributed by atoms with E-state index in [4.69, 9.17) is 0 Å². The highest BCUT2D eigenvalue weighted by Gasteiger charge is 2.28. The number of aryl methyl sites for hydroxylation is 1. The normalized spacial score (nSPS) is 19.7. The first kappa shape index (κ1) is 13.2. The summed E-state index contributed by atoms with van der Waals surface area (Å²) in [6.45, 7) is 11.3. The Morgan fingerprint density at radius 3 is 2.78 bits per heavy atom. The van der Waals surface area contributed by atoms with Gasteiger partial charge in [-0.05, 0) is 38.0 Å². The molecule has 0 spiro atoms. The molecule has 0 aliphatic heterocycles. The molecule has 0 saturated heterocycles. The van der Waals surface area contributed by atoms with Crippen molar-refractivity contribution < 1.29 is 0 Å². The number of imidazole rings is 1. The van der Waals surface area contributed by atoms with Gasteiger partial charge in [0.1, 0.15) is 0 Å². The zero-order valence-electron chi connectivity index (χ0n) is 11.9. The third kappa shape index (κ3) is 2.95. The van der Waals surface area contributed by atoms with Crippen molar-refractivity contribution in [3.8, 4) is 0 Å². The Morgan fingerprint density at radius 2 is 2.17 bits per heavy atom. The Hall–Kier alpha value is -1.25. The van der Waals surface area contributed by atoms with Crippen LogP contribution in [0.15, 0.2) is 18.9 Å². The second-order valence-electron chi connectivity index (χ2n) is 6.18. The lowest BCUT2D eigenvalue weighted by molar-refractivity contribution is 0.194. The van der Waals surface area contributed by atoms with E-state index in [1.165, 1.54) is 25.7 Å². The van der Waals surface area contributed by atoms with Crippen molar-refractivity contribution in [3.63, 3.8) is 0 Å². The number of hydrogen-bond donors (Lipinski definition) is 1. The minimum absolute atomic E-state index is 0.515. The number of rotatable bonds is 4. The molecule has 1 saturated carbocycles. The molecular formula is C15H25N3. The van der Waals surface area contributed by atoms with E-state index in [0.717, 1.165) is 18.2 Å². The van der Waals surface area contributed by atoms with E-state index >= 15 is 0 Å². The quantitative estimate of drug-likeness (QED) is 0.817. The van der Waals surface area contributed by atoms with Crippen molar-refractivity contribution in [1.29, 1.82) is 0 Å². The molecule has 1 heterocycles. The summed E-state index contributed by atoms with van der Waals surface area (Å²) in [4.78, 5) is 4.56. The molecule has 1 aliphatic rings. The molecule has 3 heteroatoms. The molecule has 1 fully saturated rings. The van der Waals surface area contributed by atoms with E-state index in [0.29, 0.717) is 11.5 Å². The molecule has 18 heavy (non-hydrogen) atoms. The van der Waals surface area contributed by atoms with Crippen LogP contribution in [0.3, 0.4) is 0 Å². The lowest BCUT2D eigenvalue weighted by Gasteiger charge is -2.35. The summed E-state index contributed by atoms with van der Waals surface area (Å²) in [7, 11) is 0. The second kappa shape index (κ2) is 5.17. The van der Waals surface area contributed by atoms with Crippen LogP contribution in [0.4, 0.5) is 5.95 Å². The summed E-state index contributed by atoms with van der Waals surface area (Å²) in [5, 5.41) is 3.34. The average Bonchev–Trinajstić information content (AvgIpc) is 2.68. The second-order valence-corrected chi connectivity index (χ2v) is 6.18. The minimum Gasteiger partial charge on any atom is -0.352 e. The van der Waals surface area contributed by atoms with E-state index in [9.17, 15) is 0 Å². The monoisotopic (exact) mass is 247 g/mol. The van der Waals surface area contributed by atoms with E-state index in [1.807, 2.05) is 6.08 Å². The predicted molar refractivity (Wildman–Crippen MR) is 76.9 cm³/mol. The smallest absolute Gasteiger partial charge is 0.203 e. The Kier molecular flexibility index (Phi) is 3.79. The summed E-state index contributed by atoms with van der Waals surface area (Å²) in [5.41, 5.74) is 1.60. The summed E-state index contributed by atoms with van der Waals surface area (Å²) in [5.74, 6) is 0.997. The van der Waals surface area contributed by atoms with Crippen LogP contribution in [0.25, 0.3) is 0 Å². The summed E-state index contributed by atoms with van der Waals surface area (Å²) in [6.07, 6.45) is 9.16. The maximum Gasteiger partial charge on any atom is 0.203 e. The maximum absolute atomic E-state index is 4.56. The fourth-order valence-corrected chi connectivity index (χ4v) is 2.75. The fourth-order valence-electron chi connectivity index (χ4n) is 2.75. The van der Waals surface area contributed by atoms with Crippen molar-refractivity contribution in [3.05, 3.63) is 24.5 Å². The van der Waals surface area contributed by atoms with Crippen molar-refractivity contribution >= 4 is 5.95 Å². The SMILES string of the molecule is C=CCNc1nc(C)cn1C1CCC(C)(C)CC1. The molecule has 3 nitrogen and oxygen atoms in total. The Balaban J connectivity index is 2.10. The largest absolute Gasteiger partial charge is 0.352 e. The van der Waals surface area contributed by atoms with Crippen molar-refractivity contribution in [2.75, 3.05) is 11.9 Å². The summed E-state index contributed by atoms with van der Waals surface area (Å²) in [6, 6.07) is 0.603. The Labute approximate surface area is 110 Å². The van der Waals surface area contributed by atoms with Crippen LogP contribution in [-0.4, -0.2) is 16.1 Å². The Morgan fingerprint density at radius 1 is 1.50 bits per heavy atom. The minimum atomic E-state index is 0.515. The van der Waals surface area contributed by atoms with Crippen molar-refractivity contribution in [2.24, 2.45) is 5.41 Å². The van der Waals surface area contributed by atoms with Gasteiger partial charge in [-0.1, -0.05) is 19.9 Å². The third-order valence-electron chi connectivity index (χ3n) is 3.96.